The van der Waals surface area contributed by atoms with E-state index in [1.54, 1.807) is 42.6 Å². The molecule has 1 N–H and O–H groups in total. The molecule has 1 aromatic heterocycles. The molecular weight excluding hydrogens is 396 g/mol. The van der Waals surface area contributed by atoms with E-state index in [4.69, 9.17) is 11.6 Å². The number of rotatable bonds is 7. The molecule has 0 bridgehead atoms. The summed E-state index contributed by atoms with van der Waals surface area (Å²) in [7, 11) is 3.47. The second-order valence-corrected chi connectivity index (χ2v) is 8.05. The lowest BCUT2D eigenvalue weighted by atomic mass is 10.3. The molecule has 0 unspecified atom stereocenters. The first-order valence-corrected chi connectivity index (χ1v) is 9.93. The quantitative estimate of drug-likeness (QED) is 0.640. The molecule has 2 amide bonds. The first-order chi connectivity index (χ1) is 13.4. The number of fused-ring (bicyclic) bond motifs is 1. The SMILES string of the molecule is CN(CC(=O)N(C)CC(=O)Nc1ccccc1Cl)Cc1nc2ccccc2s1. The Balaban J connectivity index is 1.50. The van der Waals surface area contributed by atoms with Gasteiger partial charge in [-0.2, -0.15) is 0 Å². The van der Waals surface area contributed by atoms with Crippen LogP contribution in [0.25, 0.3) is 10.2 Å². The molecule has 6 nitrogen and oxygen atoms in total. The summed E-state index contributed by atoms with van der Waals surface area (Å²) < 4.78 is 1.13. The smallest absolute Gasteiger partial charge is 0.244 e. The minimum absolute atomic E-state index is 0.0426. The molecule has 3 rings (SSSR count). The van der Waals surface area contributed by atoms with E-state index in [1.807, 2.05) is 36.2 Å². The zero-order chi connectivity index (χ0) is 20.1. The lowest BCUT2D eigenvalue weighted by Gasteiger charge is -2.21. The fraction of sp³-hybridized carbons (Fsp3) is 0.250. The fourth-order valence-corrected chi connectivity index (χ4v) is 3.91. The summed E-state index contributed by atoms with van der Waals surface area (Å²) >= 11 is 7.66. The van der Waals surface area contributed by atoms with Crippen LogP contribution in [-0.4, -0.2) is 53.8 Å². The lowest BCUT2D eigenvalue weighted by Crippen LogP contribution is -2.40. The standard InChI is InChI=1S/C20H21ClN4O2S/c1-24(12-19-23-16-9-5-6-10-17(16)28-19)13-20(27)25(2)11-18(26)22-15-8-4-3-7-14(15)21/h3-10H,11-13H2,1-2H3,(H,22,26). The Labute approximate surface area is 172 Å². The van der Waals surface area contributed by atoms with E-state index in [0.717, 1.165) is 15.2 Å². The summed E-state index contributed by atoms with van der Waals surface area (Å²) in [6.07, 6.45) is 0. The van der Waals surface area contributed by atoms with E-state index in [9.17, 15) is 9.59 Å². The van der Waals surface area contributed by atoms with Crippen LogP contribution in [-0.2, 0) is 16.1 Å². The van der Waals surface area contributed by atoms with Gasteiger partial charge in [0.05, 0.1) is 40.6 Å². The molecular formula is C20H21ClN4O2S. The number of hydrogen-bond donors (Lipinski definition) is 1. The second-order valence-electron chi connectivity index (χ2n) is 6.53. The monoisotopic (exact) mass is 416 g/mol. The Morgan fingerprint density at radius 3 is 2.54 bits per heavy atom. The Morgan fingerprint density at radius 2 is 1.79 bits per heavy atom. The number of para-hydroxylation sites is 2. The van der Waals surface area contributed by atoms with Crippen LogP contribution in [0.3, 0.4) is 0 Å². The van der Waals surface area contributed by atoms with Gasteiger partial charge in [-0.05, 0) is 31.3 Å². The normalized spacial score (nSPS) is 11.0. The van der Waals surface area contributed by atoms with E-state index < -0.39 is 0 Å². The molecule has 0 saturated heterocycles. The Bertz CT molecular complexity index is 958. The maximum Gasteiger partial charge on any atom is 0.244 e. The summed E-state index contributed by atoms with van der Waals surface area (Å²) in [5.74, 6) is -0.435. The molecule has 3 aromatic rings. The van der Waals surface area contributed by atoms with Gasteiger partial charge in [0.2, 0.25) is 11.8 Å². The van der Waals surface area contributed by atoms with Gasteiger partial charge in [-0.15, -0.1) is 11.3 Å². The maximum absolute atomic E-state index is 12.4. The molecule has 0 fully saturated rings. The van der Waals surface area contributed by atoms with Crippen LogP contribution in [0.4, 0.5) is 5.69 Å². The summed E-state index contributed by atoms with van der Waals surface area (Å²) in [6, 6.07) is 14.9. The van der Waals surface area contributed by atoms with Gasteiger partial charge >= 0.3 is 0 Å². The number of aromatic nitrogens is 1. The van der Waals surface area contributed by atoms with Crippen molar-refractivity contribution in [2.45, 2.75) is 6.54 Å². The van der Waals surface area contributed by atoms with Gasteiger partial charge in [0.15, 0.2) is 0 Å². The number of nitrogens with zero attached hydrogens (tertiary/aromatic N) is 3. The van der Waals surface area contributed by atoms with Crippen molar-refractivity contribution >= 4 is 50.7 Å². The number of likely N-dealkylation sites (N-methyl/N-ethyl adjacent to an activating group) is 2. The van der Waals surface area contributed by atoms with E-state index in [-0.39, 0.29) is 24.9 Å². The van der Waals surface area contributed by atoms with Crippen molar-refractivity contribution in [2.24, 2.45) is 0 Å². The largest absolute Gasteiger partial charge is 0.335 e. The van der Waals surface area contributed by atoms with Crippen molar-refractivity contribution < 1.29 is 9.59 Å². The number of anilines is 1. The van der Waals surface area contributed by atoms with E-state index in [2.05, 4.69) is 10.3 Å². The number of halogens is 1. The highest BCUT2D eigenvalue weighted by atomic mass is 35.5. The van der Waals surface area contributed by atoms with E-state index >= 15 is 0 Å². The van der Waals surface area contributed by atoms with Crippen LogP contribution in [0.2, 0.25) is 5.02 Å². The first kappa shape index (κ1) is 20.3. The van der Waals surface area contributed by atoms with Crippen molar-refractivity contribution in [2.75, 3.05) is 32.5 Å². The highest BCUT2D eigenvalue weighted by molar-refractivity contribution is 7.18. The summed E-state index contributed by atoms with van der Waals surface area (Å²) in [6.45, 7) is 0.732. The number of carbonyl (C=O) groups is 2. The predicted molar refractivity (Wildman–Crippen MR) is 114 cm³/mol. The third kappa shape index (κ3) is 5.28. The van der Waals surface area contributed by atoms with Gasteiger partial charge in [-0.1, -0.05) is 35.9 Å². The van der Waals surface area contributed by atoms with Crippen molar-refractivity contribution in [1.82, 2.24) is 14.8 Å². The molecule has 0 saturated carbocycles. The van der Waals surface area contributed by atoms with Crippen molar-refractivity contribution in [1.29, 1.82) is 0 Å². The van der Waals surface area contributed by atoms with Crippen molar-refractivity contribution in [3.8, 4) is 0 Å². The fourth-order valence-electron chi connectivity index (χ4n) is 2.68. The number of benzene rings is 2. The molecule has 0 aliphatic carbocycles. The van der Waals surface area contributed by atoms with Gasteiger partial charge in [0, 0.05) is 7.05 Å². The Morgan fingerprint density at radius 1 is 1.07 bits per heavy atom. The van der Waals surface area contributed by atoms with Crippen molar-refractivity contribution in [3.05, 3.63) is 58.6 Å². The zero-order valence-electron chi connectivity index (χ0n) is 15.7. The molecule has 146 valence electrons. The van der Waals surface area contributed by atoms with E-state index in [0.29, 0.717) is 17.3 Å². The van der Waals surface area contributed by atoms with Crippen LogP contribution in [0.15, 0.2) is 48.5 Å². The number of carbonyl (C=O) groups excluding carboxylic acids is 2. The average molecular weight is 417 g/mol. The molecule has 0 aliphatic rings. The third-order valence-corrected chi connectivity index (χ3v) is 5.45. The van der Waals surface area contributed by atoms with Crippen LogP contribution in [0, 0.1) is 0 Å². The zero-order valence-corrected chi connectivity index (χ0v) is 17.3. The van der Waals surface area contributed by atoms with Gasteiger partial charge < -0.3 is 10.2 Å². The van der Waals surface area contributed by atoms with Crippen LogP contribution < -0.4 is 5.32 Å². The average Bonchev–Trinajstić information content (AvgIpc) is 3.05. The van der Waals surface area contributed by atoms with Gasteiger partial charge in [0.25, 0.3) is 0 Å². The molecule has 0 radical (unpaired) electrons. The van der Waals surface area contributed by atoms with Crippen LogP contribution in [0.5, 0.6) is 0 Å². The Kier molecular flexibility index (Phi) is 6.61. The number of hydrogen-bond acceptors (Lipinski definition) is 5. The van der Waals surface area contributed by atoms with Gasteiger partial charge in [-0.25, -0.2) is 4.98 Å². The number of nitrogens with one attached hydrogen (secondary N) is 1. The highest BCUT2D eigenvalue weighted by Crippen LogP contribution is 2.22. The molecule has 28 heavy (non-hydrogen) atoms. The molecule has 0 spiro atoms. The molecule has 2 aromatic carbocycles. The summed E-state index contributed by atoms with van der Waals surface area (Å²) in [5, 5.41) is 4.13. The maximum atomic E-state index is 12.4. The topological polar surface area (TPSA) is 65.5 Å². The van der Waals surface area contributed by atoms with Crippen LogP contribution >= 0.6 is 22.9 Å². The summed E-state index contributed by atoms with van der Waals surface area (Å²) in [5.41, 5.74) is 1.50. The third-order valence-electron chi connectivity index (χ3n) is 4.10. The van der Waals surface area contributed by atoms with Gasteiger partial charge in [0.1, 0.15) is 5.01 Å². The van der Waals surface area contributed by atoms with Crippen LogP contribution in [0.1, 0.15) is 5.01 Å². The van der Waals surface area contributed by atoms with Gasteiger partial charge in [-0.3, -0.25) is 14.5 Å². The lowest BCUT2D eigenvalue weighted by molar-refractivity contribution is -0.134. The predicted octanol–water partition coefficient (Wildman–Crippen LogP) is 3.48. The number of amides is 2. The second kappa shape index (κ2) is 9.14. The van der Waals surface area contributed by atoms with Crippen molar-refractivity contribution in [3.63, 3.8) is 0 Å². The molecule has 1 heterocycles. The van der Waals surface area contributed by atoms with E-state index in [1.165, 1.54) is 4.90 Å². The molecule has 0 atom stereocenters. The summed E-state index contributed by atoms with van der Waals surface area (Å²) in [4.78, 5) is 32.5. The molecule has 8 heteroatoms. The molecule has 0 aliphatic heterocycles. The first-order valence-electron chi connectivity index (χ1n) is 8.73. The minimum atomic E-state index is -0.294. The Hall–Kier alpha value is -2.48. The number of thiazole rings is 1. The minimum Gasteiger partial charge on any atom is -0.335 e. The highest BCUT2D eigenvalue weighted by Gasteiger charge is 2.16.